The summed E-state index contributed by atoms with van der Waals surface area (Å²) in [5.41, 5.74) is 7.62. The minimum absolute atomic E-state index is 0.324. The number of ether oxygens (including phenoxy) is 1. The summed E-state index contributed by atoms with van der Waals surface area (Å²) in [5.74, 6) is 1.52. The highest BCUT2D eigenvalue weighted by Crippen LogP contribution is 2.30. The molecule has 0 radical (unpaired) electrons. The fourth-order valence-electron chi connectivity index (χ4n) is 1.80. The Labute approximate surface area is 126 Å². The van der Waals surface area contributed by atoms with E-state index < -0.39 is 0 Å². The molecule has 0 spiro atoms. The first kappa shape index (κ1) is 14.0. The van der Waals surface area contributed by atoms with E-state index in [1.165, 1.54) is 0 Å². The maximum absolute atomic E-state index is 5.96. The topological polar surface area (TPSA) is 35.2 Å². The average Bonchev–Trinajstić information content (AvgIpc) is 2.41. The summed E-state index contributed by atoms with van der Waals surface area (Å²) >= 11 is 8.47. The van der Waals surface area contributed by atoms with Gasteiger partial charge in [0.1, 0.15) is 16.5 Å². The lowest BCUT2D eigenvalue weighted by molar-refractivity contribution is 0.476. The van der Waals surface area contributed by atoms with Gasteiger partial charge in [-0.05, 0) is 36.2 Å². The molecular formula is C15H14BrNOS. The number of rotatable bonds is 4. The Morgan fingerprint density at radius 2 is 1.95 bits per heavy atom. The Bertz CT molecular complexity index is 613. The van der Waals surface area contributed by atoms with Gasteiger partial charge < -0.3 is 10.5 Å². The Hall–Kier alpha value is -1.39. The van der Waals surface area contributed by atoms with Crippen LogP contribution in [0.25, 0.3) is 0 Å². The monoisotopic (exact) mass is 335 g/mol. The molecule has 2 rings (SSSR count). The molecule has 2 aromatic carbocycles. The van der Waals surface area contributed by atoms with Gasteiger partial charge in [0, 0.05) is 4.47 Å². The molecule has 2 aromatic rings. The molecule has 98 valence electrons. The Kier molecular flexibility index (Phi) is 4.56. The number of benzene rings is 2. The van der Waals surface area contributed by atoms with Gasteiger partial charge in [-0.2, -0.15) is 0 Å². The van der Waals surface area contributed by atoms with Crippen LogP contribution in [-0.2, 0) is 6.42 Å². The van der Waals surface area contributed by atoms with Gasteiger partial charge in [-0.3, -0.25) is 0 Å². The van der Waals surface area contributed by atoms with E-state index in [4.69, 9.17) is 22.7 Å². The highest BCUT2D eigenvalue weighted by atomic mass is 79.9. The summed E-state index contributed by atoms with van der Waals surface area (Å²) in [6, 6.07) is 13.6. The van der Waals surface area contributed by atoms with Crippen LogP contribution in [0.1, 0.15) is 18.1 Å². The molecule has 0 amide bonds. The van der Waals surface area contributed by atoms with E-state index in [9.17, 15) is 0 Å². The number of thiocarbonyl (C=S) groups is 1. The number of aryl methyl sites for hydroxylation is 1. The number of hydrogen-bond donors (Lipinski definition) is 1. The van der Waals surface area contributed by atoms with Crippen molar-refractivity contribution in [2.45, 2.75) is 13.3 Å². The van der Waals surface area contributed by atoms with Crippen molar-refractivity contribution in [2.75, 3.05) is 0 Å². The maximum atomic E-state index is 5.96. The molecule has 2 nitrogen and oxygen atoms in total. The Balaban J connectivity index is 2.41. The third-order valence-corrected chi connectivity index (χ3v) is 3.49. The first-order valence-electron chi connectivity index (χ1n) is 5.97. The predicted molar refractivity (Wildman–Crippen MR) is 85.9 cm³/mol. The van der Waals surface area contributed by atoms with Gasteiger partial charge in [-0.25, -0.2) is 0 Å². The van der Waals surface area contributed by atoms with E-state index in [2.05, 4.69) is 28.9 Å². The van der Waals surface area contributed by atoms with E-state index in [1.807, 2.05) is 36.4 Å². The fraction of sp³-hybridized carbons (Fsp3) is 0.133. The first-order chi connectivity index (χ1) is 9.11. The second-order valence-corrected chi connectivity index (χ2v) is 5.42. The molecule has 0 aliphatic heterocycles. The average molecular weight is 336 g/mol. The molecule has 4 heteroatoms. The highest BCUT2D eigenvalue weighted by Gasteiger charge is 2.10. The third-order valence-electron chi connectivity index (χ3n) is 2.78. The van der Waals surface area contributed by atoms with Crippen LogP contribution in [0.4, 0.5) is 0 Å². The summed E-state index contributed by atoms with van der Waals surface area (Å²) in [7, 11) is 0. The second-order valence-electron chi connectivity index (χ2n) is 4.07. The molecule has 0 unspecified atom stereocenters. The van der Waals surface area contributed by atoms with Crippen molar-refractivity contribution in [1.82, 2.24) is 0 Å². The van der Waals surface area contributed by atoms with Crippen LogP contribution in [-0.4, -0.2) is 4.99 Å². The third kappa shape index (κ3) is 3.33. The lowest BCUT2D eigenvalue weighted by atomic mass is 10.1. The molecule has 0 saturated heterocycles. The summed E-state index contributed by atoms with van der Waals surface area (Å²) in [6.45, 7) is 2.10. The fourth-order valence-corrected chi connectivity index (χ4v) is 2.32. The molecule has 0 saturated carbocycles. The van der Waals surface area contributed by atoms with Crippen LogP contribution in [0.5, 0.6) is 11.5 Å². The summed E-state index contributed by atoms with van der Waals surface area (Å²) in [6.07, 6.45) is 0.912. The van der Waals surface area contributed by atoms with Crippen molar-refractivity contribution in [3.05, 3.63) is 58.1 Å². The summed E-state index contributed by atoms with van der Waals surface area (Å²) < 4.78 is 6.88. The van der Waals surface area contributed by atoms with Crippen molar-refractivity contribution >= 4 is 33.1 Å². The molecule has 2 N–H and O–H groups in total. The second kappa shape index (κ2) is 6.17. The summed E-state index contributed by atoms with van der Waals surface area (Å²) in [4.78, 5) is 0.324. The van der Waals surface area contributed by atoms with Crippen molar-refractivity contribution in [3.63, 3.8) is 0 Å². The van der Waals surface area contributed by atoms with E-state index >= 15 is 0 Å². The first-order valence-corrected chi connectivity index (χ1v) is 7.17. The molecule has 0 fully saturated rings. The molecular weight excluding hydrogens is 322 g/mol. The van der Waals surface area contributed by atoms with Crippen LogP contribution in [0.15, 0.2) is 46.9 Å². The van der Waals surface area contributed by atoms with Crippen LogP contribution in [0, 0.1) is 0 Å². The van der Waals surface area contributed by atoms with Crippen LogP contribution >= 0.6 is 28.1 Å². The zero-order valence-electron chi connectivity index (χ0n) is 10.5. The highest BCUT2D eigenvalue weighted by molar-refractivity contribution is 9.10. The van der Waals surface area contributed by atoms with Gasteiger partial charge in [0.25, 0.3) is 0 Å². The molecule has 0 aliphatic carbocycles. The van der Waals surface area contributed by atoms with E-state index in [0.717, 1.165) is 27.8 Å². The van der Waals surface area contributed by atoms with Crippen molar-refractivity contribution < 1.29 is 4.74 Å². The van der Waals surface area contributed by atoms with Gasteiger partial charge in [0.05, 0.1) is 5.56 Å². The molecule has 19 heavy (non-hydrogen) atoms. The van der Waals surface area contributed by atoms with Crippen molar-refractivity contribution in [3.8, 4) is 11.5 Å². The van der Waals surface area contributed by atoms with E-state index in [0.29, 0.717) is 10.7 Å². The summed E-state index contributed by atoms with van der Waals surface area (Å²) in [5, 5.41) is 0. The number of nitrogens with two attached hydrogens (primary N) is 1. The lowest BCUT2D eigenvalue weighted by Gasteiger charge is -2.13. The van der Waals surface area contributed by atoms with Crippen LogP contribution in [0.2, 0.25) is 0 Å². The van der Waals surface area contributed by atoms with Crippen LogP contribution in [0.3, 0.4) is 0 Å². The largest absolute Gasteiger partial charge is 0.456 e. The standard InChI is InChI=1S/C15H14BrNOS/c1-2-10-5-3-4-6-13(10)18-14-8-7-11(16)9-12(14)15(17)19/h3-9H,2H2,1H3,(H2,17,19). The van der Waals surface area contributed by atoms with Crippen molar-refractivity contribution in [2.24, 2.45) is 5.73 Å². The molecule has 0 aromatic heterocycles. The van der Waals surface area contributed by atoms with Crippen LogP contribution < -0.4 is 10.5 Å². The zero-order valence-corrected chi connectivity index (χ0v) is 12.9. The van der Waals surface area contributed by atoms with E-state index in [-0.39, 0.29) is 0 Å². The van der Waals surface area contributed by atoms with Gasteiger partial charge in [0.15, 0.2) is 0 Å². The predicted octanol–water partition coefficient (Wildman–Crippen LogP) is 4.44. The number of hydrogen-bond acceptors (Lipinski definition) is 2. The zero-order chi connectivity index (χ0) is 13.8. The smallest absolute Gasteiger partial charge is 0.137 e. The normalized spacial score (nSPS) is 10.2. The molecule has 0 aliphatic rings. The SMILES string of the molecule is CCc1ccccc1Oc1ccc(Br)cc1C(N)=S. The molecule has 0 heterocycles. The maximum Gasteiger partial charge on any atom is 0.137 e. The minimum Gasteiger partial charge on any atom is -0.456 e. The van der Waals surface area contributed by atoms with Gasteiger partial charge >= 0.3 is 0 Å². The Morgan fingerprint density at radius 3 is 2.63 bits per heavy atom. The van der Waals surface area contributed by atoms with Gasteiger partial charge in [0.2, 0.25) is 0 Å². The number of halogens is 1. The number of para-hydroxylation sites is 1. The molecule has 0 atom stereocenters. The quantitative estimate of drug-likeness (QED) is 0.839. The van der Waals surface area contributed by atoms with Gasteiger partial charge in [-0.1, -0.05) is 53.3 Å². The lowest BCUT2D eigenvalue weighted by Crippen LogP contribution is -2.11. The van der Waals surface area contributed by atoms with Crippen molar-refractivity contribution in [1.29, 1.82) is 0 Å². The minimum atomic E-state index is 0.324. The molecule has 0 bridgehead atoms. The van der Waals surface area contributed by atoms with E-state index in [1.54, 1.807) is 0 Å². The Morgan fingerprint density at radius 1 is 1.21 bits per heavy atom. The van der Waals surface area contributed by atoms with Gasteiger partial charge in [-0.15, -0.1) is 0 Å².